The minimum absolute atomic E-state index is 0.0241. The number of likely N-dealkylation sites (tertiary alicyclic amines) is 1. The molecule has 1 unspecified atom stereocenters. The summed E-state index contributed by atoms with van der Waals surface area (Å²) in [5.41, 5.74) is 5.21. The lowest BCUT2D eigenvalue weighted by atomic mass is 9.81. The van der Waals surface area contributed by atoms with E-state index in [9.17, 15) is 23.1 Å². The van der Waals surface area contributed by atoms with Crippen molar-refractivity contribution < 1.29 is 27.5 Å². The maximum Gasteiger partial charge on any atom is 0.391 e. The lowest BCUT2D eigenvalue weighted by molar-refractivity contribution is -0.183. The normalized spacial score (nSPS) is 26.3. The summed E-state index contributed by atoms with van der Waals surface area (Å²) in [4.78, 5) is 22.7. The third kappa shape index (κ3) is 6.91. The van der Waals surface area contributed by atoms with Crippen LogP contribution in [0.25, 0.3) is 0 Å². The van der Waals surface area contributed by atoms with Gasteiger partial charge in [0.15, 0.2) is 11.6 Å². The van der Waals surface area contributed by atoms with Gasteiger partial charge in [0.25, 0.3) is 0 Å². The van der Waals surface area contributed by atoms with Gasteiger partial charge in [-0.05, 0) is 51.5 Å². The summed E-state index contributed by atoms with van der Waals surface area (Å²) in [5, 5.41) is 13.4. The van der Waals surface area contributed by atoms with Gasteiger partial charge in [-0.15, -0.1) is 0 Å². The van der Waals surface area contributed by atoms with Gasteiger partial charge >= 0.3 is 6.18 Å². The first kappa shape index (κ1) is 26.4. The minimum atomic E-state index is -4.15. The molecule has 1 saturated carbocycles. The molecule has 1 amide bonds. The Kier molecular flexibility index (Phi) is 8.91. The number of rotatable bonds is 9. The predicted octanol–water partition coefficient (Wildman–Crippen LogP) is 2.39. The highest BCUT2D eigenvalue weighted by atomic mass is 19.4. The van der Waals surface area contributed by atoms with Crippen LogP contribution >= 0.6 is 0 Å². The predicted molar refractivity (Wildman–Crippen MR) is 120 cm³/mol. The third-order valence-corrected chi connectivity index (χ3v) is 6.96. The highest BCUT2D eigenvalue weighted by Crippen LogP contribution is 2.40. The van der Waals surface area contributed by atoms with Gasteiger partial charge in [0, 0.05) is 32.1 Å². The van der Waals surface area contributed by atoms with E-state index in [1.54, 1.807) is 9.80 Å². The topological polar surface area (TPSA) is 108 Å². The van der Waals surface area contributed by atoms with E-state index in [4.69, 9.17) is 5.73 Å². The van der Waals surface area contributed by atoms with Gasteiger partial charge in [-0.1, -0.05) is 0 Å². The molecule has 0 bridgehead atoms. The van der Waals surface area contributed by atoms with Crippen LogP contribution in [0.5, 0.6) is 0 Å². The van der Waals surface area contributed by atoms with Gasteiger partial charge in [-0.3, -0.25) is 9.69 Å². The Bertz CT molecular complexity index is 819. The third-order valence-electron chi connectivity index (χ3n) is 6.96. The molecule has 1 saturated heterocycles. The fraction of sp³-hybridized carbons (Fsp3) is 0.773. The summed E-state index contributed by atoms with van der Waals surface area (Å²) in [6.07, 6.45) is -1.87. The van der Waals surface area contributed by atoms with E-state index < -0.39 is 29.9 Å². The molecule has 0 spiro atoms. The molecule has 192 valence electrons. The zero-order valence-electron chi connectivity index (χ0n) is 19.4. The molecule has 1 aliphatic heterocycles. The molecule has 0 radical (unpaired) electrons. The molecule has 8 nitrogen and oxygen atoms in total. The summed E-state index contributed by atoms with van der Waals surface area (Å²) in [6, 6.07) is 0. The number of hydrogen-bond acceptors (Lipinski definition) is 7. The van der Waals surface area contributed by atoms with E-state index in [-0.39, 0.29) is 42.9 Å². The first-order chi connectivity index (χ1) is 16.1. The second-order valence-electron chi connectivity index (χ2n) is 9.36. The molecular formula is C22H34F4N6O2. The second-order valence-corrected chi connectivity index (χ2v) is 9.36. The summed E-state index contributed by atoms with van der Waals surface area (Å²) in [7, 11) is 0. The number of hydrogen-bond donors (Lipinski definition) is 3. The average Bonchev–Trinajstić information content (AvgIpc) is 2.77. The van der Waals surface area contributed by atoms with Crippen molar-refractivity contribution in [2.45, 2.75) is 51.3 Å². The van der Waals surface area contributed by atoms with Crippen molar-refractivity contribution in [2.24, 2.45) is 23.5 Å². The Labute approximate surface area is 196 Å². The van der Waals surface area contributed by atoms with E-state index in [1.807, 2.05) is 6.92 Å². The Hall–Kier alpha value is -2.21. The number of β-amino-alcohol motifs (C(OH)–C–C–N with tert-alkyl or cyclic N) is 1. The molecule has 2 fully saturated rings. The quantitative estimate of drug-likeness (QED) is 0.456. The Morgan fingerprint density at radius 2 is 1.97 bits per heavy atom. The van der Waals surface area contributed by atoms with Crippen LogP contribution in [0.1, 0.15) is 39.0 Å². The molecular weight excluding hydrogens is 456 g/mol. The average molecular weight is 491 g/mol. The number of nitrogens with one attached hydrogen (secondary N) is 1. The zero-order chi connectivity index (χ0) is 24.9. The van der Waals surface area contributed by atoms with Crippen LogP contribution < -0.4 is 16.0 Å². The van der Waals surface area contributed by atoms with Crippen molar-refractivity contribution in [3.8, 4) is 0 Å². The van der Waals surface area contributed by atoms with Gasteiger partial charge in [-0.2, -0.15) is 17.6 Å². The molecule has 4 N–H and O–H groups in total. The Balaban J connectivity index is 1.57. The number of primary amides is 1. The molecule has 3 rings (SSSR count). The van der Waals surface area contributed by atoms with E-state index in [2.05, 4.69) is 15.3 Å². The zero-order valence-corrected chi connectivity index (χ0v) is 19.4. The van der Waals surface area contributed by atoms with Crippen LogP contribution in [0.3, 0.4) is 0 Å². The molecule has 34 heavy (non-hydrogen) atoms. The van der Waals surface area contributed by atoms with Crippen molar-refractivity contribution in [1.29, 1.82) is 0 Å². The number of aromatic nitrogens is 2. The molecule has 0 aromatic carbocycles. The number of aliphatic hydroxyl groups is 1. The highest BCUT2D eigenvalue weighted by Gasteiger charge is 2.41. The number of anilines is 2. The van der Waals surface area contributed by atoms with Gasteiger partial charge in [0.1, 0.15) is 6.33 Å². The van der Waals surface area contributed by atoms with Crippen LogP contribution in [0.2, 0.25) is 0 Å². The van der Waals surface area contributed by atoms with Crippen molar-refractivity contribution in [2.75, 3.05) is 49.5 Å². The second kappa shape index (κ2) is 11.5. The van der Waals surface area contributed by atoms with Crippen molar-refractivity contribution in [3.05, 3.63) is 12.1 Å². The van der Waals surface area contributed by atoms with Crippen molar-refractivity contribution >= 4 is 17.5 Å². The van der Waals surface area contributed by atoms with Crippen molar-refractivity contribution in [3.63, 3.8) is 0 Å². The molecule has 1 aromatic rings. The first-order valence-corrected chi connectivity index (χ1v) is 11.8. The van der Waals surface area contributed by atoms with Crippen LogP contribution in [0, 0.1) is 23.6 Å². The van der Waals surface area contributed by atoms with Gasteiger partial charge in [-0.25, -0.2) is 9.97 Å². The Morgan fingerprint density at radius 3 is 2.56 bits per heavy atom. The summed E-state index contributed by atoms with van der Waals surface area (Å²) in [5.74, 6) is -2.27. The number of carbonyl (C=O) groups excluding carboxylic acids is 1. The maximum absolute atomic E-state index is 15.2. The monoisotopic (exact) mass is 490 g/mol. The van der Waals surface area contributed by atoms with E-state index in [0.29, 0.717) is 52.0 Å². The number of amides is 1. The highest BCUT2D eigenvalue weighted by molar-refractivity contribution is 5.75. The van der Waals surface area contributed by atoms with Crippen LogP contribution in [-0.4, -0.2) is 77.4 Å². The molecule has 1 aromatic heterocycles. The molecule has 12 heteroatoms. The number of carbonyl (C=O) groups is 1. The summed E-state index contributed by atoms with van der Waals surface area (Å²) in [6.45, 7) is 4.05. The SMILES string of the molecule is CCN(CC1CCC(C(F)(F)F)CC1)c1ncnc(NCC2CCN(CC(N)=O)C[C@@H]2O)c1F. The smallest absolute Gasteiger partial charge is 0.391 e. The van der Waals surface area contributed by atoms with Gasteiger partial charge in [0.2, 0.25) is 11.7 Å². The summed E-state index contributed by atoms with van der Waals surface area (Å²) >= 11 is 0. The number of nitrogens with zero attached hydrogens (tertiary/aromatic N) is 4. The van der Waals surface area contributed by atoms with Gasteiger partial charge in [0.05, 0.1) is 18.6 Å². The van der Waals surface area contributed by atoms with Crippen molar-refractivity contribution in [1.82, 2.24) is 14.9 Å². The lowest BCUT2D eigenvalue weighted by Crippen LogP contribution is -2.48. The van der Waals surface area contributed by atoms with Crippen LogP contribution in [0.15, 0.2) is 6.33 Å². The number of nitrogens with two attached hydrogens (primary N) is 1. The largest absolute Gasteiger partial charge is 0.391 e. The van der Waals surface area contributed by atoms with E-state index in [0.717, 1.165) is 0 Å². The lowest BCUT2D eigenvalue weighted by Gasteiger charge is -2.35. The Morgan fingerprint density at radius 1 is 1.26 bits per heavy atom. The van der Waals surface area contributed by atoms with E-state index >= 15 is 4.39 Å². The maximum atomic E-state index is 15.2. The van der Waals surface area contributed by atoms with Crippen LogP contribution in [0.4, 0.5) is 29.2 Å². The number of piperidine rings is 1. The summed E-state index contributed by atoms with van der Waals surface area (Å²) < 4.78 is 54.1. The number of alkyl halides is 3. The molecule has 2 aliphatic rings. The van der Waals surface area contributed by atoms with E-state index in [1.165, 1.54) is 6.33 Å². The minimum Gasteiger partial charge on any atom is -0.391 e. The fourth-order valence-electron chi connectivity index (χ4n) is 4.93. The fourth-order valence-corrected chi connectivity index (χ4v) is 4.93. The standard InChI is InChI=1S/C22H34F4N6O2/c1-2-32(10-14-3-5-16(6-4-14)22(24,25)26)21-19(23)20(29-13-30-21)28-9-15-7-8-31(11-17(15)33)12-18(27)34/h13-17,33H,2-12H2,1H3,(H2,27,34)(H,28,29,30)/t14?,15?,16?,17-/m0/s1. The van der Waals surface area contributed by atoms with Gasteiger partial charge < -0.3 is 21.1 Å². The number of halogens is 4. The molecule has 2 heterocycles. The molecule has 2 atom stereocenters. The first-order valence-electron chi connectivity index (χ1n) is 11.8. The number of aliphatic hydroxyl groups excluding tert-OH is 1. The van der Waals surface area contributed by atoms with Crippen LogP contribution in [-0.2, 0) is 4.79 Å². The molecule has 1 aliphatic carbocycles.